The Balaban J connectivity index is 1.87. The molecule has 1 unspecified atom stereocenters. The highest BCUT2D eigenvalue weighted by Gasteiger charge is 2.38. The summed E-state index contributed by atoms with van der Waals surface area (Å²) in [5.74, 6) is -0.361. The smallest absolute Gasteiger partial charge is 0.266 e. The fourth-order valence-corrected chi connectivity index (χ4v) is 1.67. The fraction of sp³-hybridized carbons (Fsp3) is 0.333. The summed E-state index contributed by atoms with van der Waals surface area (Å²) in [6.07, 6.45) is 0.303. The van der Waals surface area contributed by atoms with Crippen LogP contribution in [0.2, 0.25) is 0 Å². The molecule has 1 saturated heterocycles. The van der Waals surface area contributed by atoms with Gasteiger partial charge in [0, 0.05) is 0 Å². The third kappa shape index (κ3) is 2.21. The van der Waals surface area contributed by atoms with Crippen LogP contribution in [0.25, 0.3) is 0 Å². The number of hydrogen-bond donors (Lipinski definition) is 1. The third-order valence-electron chi connectivity index (χ3n) is 2.60. The lowest BCUT2D eigenvalue weighted by Gasteiger charge is -2.31. The maximum absolute atomic E-state index is 11.6. The molecule has 1 fully saturated rings. The molecule has 1 aromatic rings. The van der Waals surface area contributed by atoms with Crippen molar-refractivity contribution in [3.05, 3.63) is 35.9 Å². The molecule has 1 aliphatic heterocycles. The van der Waals surface area contributed by atoms with Crippen molar-refractivity contribution in [1.82, 2.24) is 10.6 Å². The first-order valence-electron chi connectivity index (χ1n) is 5.25. The Labute approximate surface area is 94.0 Å². The van der Waals surface area contributed by atoms with Gasteiger partial charge in [0.05, 0.1) is 12.5 Å². The third-order valence-corrected chi connectivity index (χ3v) is 2.60. The van der Waals surface area contributed by atoms with Gasteiger partial charge in [-0.15, -0.1) is 0 Å². The van der Waals surface area contributed by atoms with Crippen LogP contribution in [0.5, 0.6) is 0 Å². The lowest BCUT2D eigenvalue weighted by Crippen LogP contribution is -2.64. The number of rotatable bonds is 3. The molecule has 2 amide bonds. The summed E-state index contributed by atoms with van der Waals surface area (Å²) < 4.78 is 0. The Morgan fingerprint density at radius 2 is 2.06 bits per heavy atom. The largest absolute Gasteiger partial charge is 0.342 e. The lowest BCUT2D eigenvalue weighted by atomic mass is 10.0. The van der Waals surface area contributed by atoms with Gasteiger partial charge in [-0.05, 0) is 12.5 Å². The highest BCUT2D eigenvalue weighted by atomic mass is 16.2. The Hall–Kier alpha value is -1.84. The normalized spacial score (nSPS) is 23.2. The molecule has 1 N–H and O–H groups in total. The summed E-state index contributed by atoms with van der Waals surface area (Å²) in [6.45, 7) is 1.81. The second-order valence-electron chi connectivity index (χ2n) is 3.92. The van der Waals surface area contributed by atoms with Crippen molar-refractivity contribution < 1.29 is 9.59 Å². The first kappa shape index (κ1) is 10.7. The van der Waals surface area contributed by atoms with Crippen LogP contribution < -0.4 is 10.6 Å². The van der Waals surface area contributed by atoms with E-state index < -0.39 is 6.04 Å². The second-order valence-corrected chi connectivity index (χ2v) is 3.92. The van der Waals surface area contributed by atoms with Gasteiger partial charge in [-0.2, -0.15) is 0 Å². The molecule has 4 heteroatoms. The van der Waals surface area contributed by atoms with Crippen molar-refractivity contribution in [3.63, 3.8) is 0 Å². The average molecular weight is 217 g/mol. The Morgan fingerprint density at radius 3 is 2.62 bits per heavy atom. The van der Waals surface area contributed by atoms with E-state index in [1.54, 1.807) is 0 Å². The topological polar surface area (TPSA) is 60.3 Å². The van der Waals surface area contributed by atoms with E-state index in [1.165, 1.54) is 0 Å². The Morgan fingerprint density at radius 1 is 1.38 bits per heavy atom. The zero-order valence-electron chi connectivity index (χ0n) is 9.01. The summed E-state index contributed by atoms with van der Waals surface area (Å²) >= 11 is 0. The number of nitrogens with zero attached hydrogens (tertiary/aromatic N) is 1. The van der Waals surface area contributed by atoms with Crippen molar-refractivity contribution in [3.8, 4) is 0 Å². The van der Waals surface area contributed by atoms with Crippen molar-refractivity contribution in [1.29, 1.82) is 0 Å². The summed E-state index contributed by atoms with van der Waals surface area (Å²) in [7, 11) is 0. The molecule has 0 spiro atoms. The number of amides is 2. The first-order valence-corrected chi connectivity index (χ1v) is 5.25. The molecule has 1 radical (unpaired) electrons. The van der Waals surface area contributed by atoms with Crippen LogP contribution in [0.1, 0.15) is 12.5 Å². The molecule has 2 rings (SSSR count). The average Bonchev–Trinajstić information content (AvgIpc) is 2.28. The van der Waals surface area contributed by atoms with E-state index in [2.05, 4.69) is 10.6 Å². The molecule has 1 aromatic carbocycles. The van der Waals surface area contributed by atoms with Gasteiger partial charge in [0.1, 0.15) is 6.04 Å². The van der Waals surface area contributed by atoms with Gasteiger partial charge >= 0.3 is 0 Å². The molecule has 83 valence electrons. The molecule has 0 bridgehead atoms. The van der Waals surface area contributed by atoms with Crippen molar-refractivity contribution in [2.24, 2.45) is 0 Å². The number of carbonyl (C=O) groups is 2. The zero-order chi connectivity index (χ0) is 11.5. The number of hydrogen-bond acceptors (Lipinski definition) is 2. The number of benzene rings is 1. The number of β-lactam (4-membered cyclic amide) rings is 1. The lowest BCUT2D eigenvalue weighted by molar-refractivity contribution is -0.136. The number of carbonyl (C=O) groups excluding carboxylic acids is 2. The monoisotopic (exact) mass is 217 g/mol. The van der Waals surface area contributed by atoms with E-state index in [0.29, 0.717) is 6.42 Å². The van der Waals surface area contributed by atoms with E-state index in [4.69, 9.17) is 0 Å². The molecule has 2 atom stereocenters. The van der Waals surface area contributed by atoms with Gasteiger partial charge in [0.15, 0.2) is 0 Å². The maximum Gasteiger partial charge on any atom is 0.266 e. The van der Waals surface area contributed by atoms with Gasteiger partial charge in [0.25, 0.3) is 5.91 Å². The molecule has 0 aromatic heterocycles. The van der Waals surface area contributed by atoms with E-state index in [1.807, 2.05) is 37.3 Å². The SMILES string of the molecule is CC1[N]C(=O)[C@H]1NC(=O)Cc1ccccc1. The first-order chi connectivity index (χ1) is 7.66. The van der Waals surface area contributed by atoms with Gasteiger partial charge in [-0.3, -0.25) is 9.59 Å². The van der Waals surface area contributed by atoms with Crippen LogP contribution in [0.3, 0.4) is 0 Å². The fourth-order valence-electron chi connectivity index (χ4n) is 1.67. The van der Waals surface area contributed by atoms with Gasteiger partial charge in [0.2, 0.25) is 5.91 Å². The molecule has 4 nitrogen and oxygen atoms in total. The summed E-state index contributed by atoms with van der Waals surface area (Å²) in [5, 5.41) is 6.39. The molecule has 1 aliphatic rings. The zero-order valence-corrected chi connectivity index (χ0v) is 9.01. The van der Waals surface area contributed by atoms with Crippen LogP contribution in [-0.2, 0) is 16.0 Å². The van der Waals surface area contributed by atoms with E-state index in [-0.39, 0.29) is 17.9 Å². The predicted octanol–water partition coefficient (Wildman–Crippen LogP) is 0.247. The minimum Gasteiger partial charge on any atom is -0.342 e. The van der Waals surface area contributed by atoms with E-state index in [9.17, 15) is 9.59 Å². The summed E-state index contributed by atoms with van der Waals surface area (Å²) in [6, 6.07) is 8.93. The minimum atomic E-state index is -0.420. The molecular weight excluding hydrogens is 204 g/mol. The highest BCUT2D eigenvalue weighted by molar-refractivity contribution is 5.93. The van der Waals surface area contributed by atoms with Gasteiger partial charge in [-0.1, -0.05) is 30.3 Å². The van der Waals surface area contributed by atoms with Crippen LogP contribution in [0, 0.1) is 0 Å². The Kier molecular flexibility index (Phi) is 2.90. The van der Waals surface area contributed by atoms with Crippen LogP contribution in [-0.4, -0.2) is 23.9 Å². The van der Waals surface area contributed by atoms with Crippen LogP contribution >= 0.6 is 0 Å². The number of nitrogens with one attached hydrogen (secondary N) is 1. The molecule has 16 heavy (non-hydrogen) atoms. The summed E-state index contributed by atoms with van der Waals surface area (Å²) in [5.41, 5.74) is 0.941. The predicted molar refractivity (Wildman–Crippen MR) is 58.7 cm³/mol. The molecular formula is C12H13N2O2. The standard InChI is InChI=1S/C12H13N2O2/c1-8-11(12(16)13-8)14-10(15)7-9-5-3-2-4-6-9/h2-6,8,11H,7H2,1H3,(H,14,15)/t8?,11-/m0/s1. The van der Waals surface area contributed by atoms with Crippen molar-refractivity contribution in [2.45, 2.75) is 25.4 Å². The van der Waals surface area contributed by atoms with Crippen LogP contribution in [0.15, 0.2) is 30.3 Å². The Bertz CT molecular complexity index is 403. The van der Waals surface area contributed by atoms with Crippen molar-refractivity contribution >= 4 is 11.8 Å². The molecule has 0 aliphatic carbocycles. The van der Waals surface area contributed by atoms with Crippen molar-refractivity contribution in [2.75, 3.05) is 0 Å². The van der Waals surface area contributed by atoms with Gasteiger partial charge in [-0.25, -0.2) is 5.32 Å². The van der Waals surface area contributed by atoms with E-state index in [0.717, 1.165) is 5.56 Å². The van der Waals surface area contributed by atoms with Gasteiger partial charge < -0.3 is 5.32 Å². The quantitative estimate of drug-likeness (QED) is 0.738. The minimum absolute atomic E-state index is 0.0905. The summed E-state index contributed by atoms with van der Waals surface area (Å²) in [4.78, 5) is 22.6. The second kappa shape index (κ2) is 4.35. The maximum atomic E-state index is 11.6. The van der Waals surface area contributed by atoms with E-state index >= 15 is 0 Å². The molecule has 1 heterocycles. The van der Waals surface area contributed by atoms with Crippen LogP contribution in [0.4, 0.5) is 0 Å². The highest BCUT2D eigenvalue weighted by Crippen LogP contribution is 2.08. The molecule has 0 saturated carbocycles.